The van der Waals surface area contributed by atoms with E-state index in [-0.39, 0.29) is 0 Å². The maximum atomic E-state index is 8.99. The fourth-order valence-electron chi connectivity index (χ4n) is 2.70. The topological polar surface area (TPSA) is 32.3 Å². The van der Waals surface area contributed by atoms with E-state index in [2.05, 4.69) is 5.32 Å². The summed E-state index contributed by atoms with van der Waals surface area (Å²) < 4.78 is 0. The Hall–Kier alpha value is -0.0800. The van der Waals surface area contributed by atoms with Gasteiger partial charge in [0.25, 0.3) is 0 Å². The Bertz CT molecular complexity index is 143. The third-order valence-electron chi connectivity index (χ3n) is 3.48. The summed E-state index contributed by atoms with van der Waals surface area (Å²) in [7, 11) is 0. The molecule has 0 aromatic carbocycles. The lowest BCUT2D eigenvalue weighted by atomic mass is 9.94. The highest BCUT2D eigenvalue weighted by Gasteiger charge is 2.31. The van der Waals surface area contributed by atoms with Gasteiger partial charge in [-0.25, -0.2) is 0 Å². The Morgan fingerprint density at radius 2 is 2.00 bits per heavy atom. The van der Waals surface area contributed by atoms with Gasteiger partial charge >= 0.3 is 0 Å². The van der Waals surface area contributed by atoms with Crippen LogP contribution in [0.1, 0.15) is 32.1 Å². The van der Waals surface area contributed by atoms with Gasteiger partial charge in [0.15, 0.2) is 0 Å². The van der Waals surface area contributed by atoms with E-state index in [0.717, 1.165) is 18.5 Å². The normalized spacial score (nSPS) is 37.8. The second-order valence-electron chi connectivity index (χ2n) is 4.34. The molecule has 2 nitrogen and oxygen atoms in total. The van der Waals surface area contributed by atoms with Crippen LogP contribution in [0.3, 0.4) is 0 Å². The zero-order chi connectivity index (χ0) is 8.39. The number of hydrogen-bond acceptors (Lipinski definition) is 2. The monoisotopic (exact) mass is 169 g/mol. The molecule has 2 rings (SSSR count). The van der Waals surface area contributed by atoms with Gasteiger partial charge in [0.05, 0.1) is 0 Å². The predicted octanol–water partition coefficient (Wildman–Crippen LogP) is 1.15. The lowest BCUT2D eigenvalue weighted by molar-refractivity contribution is 0.232. The molecule has 0 bridgehead atoms. The van der Waals surface area contributed by atoms with Crippen molar-refractivity contribution in [2.45, 2.75) is 38.1 Å². The smallest absolute Gasteiger partial charge is 0.0471 e. The van der Waals surface area contributed by atoms with Gasteiger partial charge < -0.3 is 10.4 Å². The Labute approximate surface area is 74.4 Å². The highest BCUT2D eigenvalue weighted by Crippen LogP contribution is 2.32. The molecule has 1 aliphatic carbocycles. The Morgan fingerprint density at radius 3 is 2.58 bits per heavy atom. The van der Waals surface area contributed by atoms with Crippen molar-refractivity contribution in [2.24, 2.45) is 11.8 Å². The molecule has 2 unspecified atom stereocenters. The standard InChI is InChI=1S/C10H19NO/c12-7-8-5-10(11-6-8)9-3-1-2-4-9/h8-12H,1-7H2. The van der Waals surface area contributed by atoms with Crippen molar-refractivity contribution >= 4 is 0 Å². The van der Waals surface area contributed by atoms with Crippen LogP contribution >= 0.6 is 0 Å². The lowest BCUT2D eigenvalue weighted by Gasteiger charge is -2.17. The maximum Gasteiger partial charge on any atom is 0.0471 e. The number of nitrogens with one attached hydrogen (secondary N) is 1. The third-order valence-corrected chi connectivity index (χ3v) is 3.48. The molecule has 0 amide bonds. The zero-order valence-electron chi connectivity index (χ0n) is 7.63. The van der Waals surface area contributed by atoms with Gasteiger partial charge in [-0.05, 0) is 31.1 Å². The number of aliphatic hydroxyl groups is 1. The van der Waals surface area contributed by atoms with E-state index in [1.165, 1.54) is 32.1 Å². The van der Waals surface area contributed by atoms with Crippen molar-refractivity contribution in [3.05, 3.63) is 0 Å². The molecule has 1 heterocycles. The van der Waals surface area contributed by atoms with Crippen LogP contribution in [-0.4, -0.2) is 24.3 Å². The second kappa shape index (κ2) is 3.75. The Balaban J connectivity index is 1.81. The fourth-order valence-corrected chi connectivity index (χ4v) is 2.70. The van der Waals surface area contributed by atoms with E-state index < -0.39 is 0 Å². The molecule has 2 fully saturated rings. The van der Waals surface area contributed by atoms with Gasteiger partial charge in [-0.3, -0.25) is 0 Å². The quantitative estimate of drug-likeness (QED) is 0.650. The average Bonchev–Trinajstić information content (AvgIpc) is 2.75. The van der Waals surface area contributed by atoms with Gasteiger partial charge in [0, 0.05) is 19.2 Å². The van der Waals surface area contributed by atoms with E-state index in [4.69, 9.17) is 5.11 Å². The molecule has 0 aromatic rings. The molecule has 2 N–H and O–H groups in total. The summed E-state index contributed by atoms with van der Waals surface area (Å²) in [5.74, 6) is 1.46. The first-order valence-corrected chi connectivity index (χ1v) is 5.24. The van der Waals surface area contributed by atoms with Gasteiger partial charge in [0.2, 0.25) is 0 Å². The van der Waals surface area contributed by atoms with Crippen LogP contribution in [0.2, 0.25) is 0 Å². The van der Waals surface area contributed by atoms with Crippen molar-refractivity contribution < 1.29 is 5.11 Å². The van der Waals surface area contributed by atoms with E-state index in [1.54, 1.807) is 0 Å². The summed E-state index contributed by atoms with van der Waals surface area (Å²) in [5.41, 5.74) is 0. The van der Waals surface area contributed by atoms with Gasteiger partial charge in [-0.2, -0.15) is 0 Å². The van der Waals surface area contributed by atoms with Crippen LogP contribution in [0.5, 0.6) is 0 Å². The van der Waals surface area contributed by atoms with E-state index in [1.807, 2.05) is 0 Å². The largest absolute Gasteiger partial charge is 0.396 e. The molecule has 1 saturated carbocycles. The van der Waals surface area contributed by atoms with Crippen LogP contribution in [0.25, 0.3) is 0 Å². The van der Waals surface area contributed by atoms with Crippen LogP contribution in [0.15, 0.2) is 0 Å². The van der Waals surface area contributed by atoms with Crippen LogP contribution in [0, 0.1) is 11.8 Å². The van der Waals surface area contributed by atoms with Crippen molar-refractivity contribution in [1.82, 2.24) is 5.32 Å². The predicted molar refractivity (Wildman–Crippen MR) is 48.9 cm³/mol. The molecule has 12 heavy (non-hydrogen) atoms. The molecule has 0 spiro atoms. The van der Waals surface area contributed by atoms with Crippen molar-refractivity contribution in [3.8, 4) is 0 Å². The van der Waals surface area contributed by atoms with E-state index in [0.29, 0.717) is 12.5 Å². The summed E-state index contributed by atoms with van der Waals surface area (Å²) in [6, 6.07) is 0.727. The zero-order valence-corrected chi connectivity index (χ0v) is 7.63. The van der Waals surface area contributed by atoms with Crippen molar-refractivity contribution in [3.63, 3.8) is 0 Å². The fraction of sp³-hybridized carbons (Fsp3) is 1.00. The van der Waals surface area contributed by atoms with Crippen LogP contribution in [0.4, 0.5) is 0 Å². The number of rotatable bonds is 2. The summed E-state index contributed by atoms with van der Waals surface area (Å²) in [6.45, 7) is 1.41. The summed E-state index contributed by atoms with van der Waals surface area (Å²) >= 11 is 0. The molecule has 1 aliphatic heterocycles. The first-order chi connectivity index (χ1) is 5.90. The minimum absolute atomic E-state index is 0.371. The second-order valence-corrected chi connectivity index (χ2v) is 4.34. The molecule has 0 aromatic heterocycles. The molecular formula is C10H19NO. The minimum Gasteiger partial charge on any atom is -0.396 e. The van der Waals surface area contributed by atoms with Crippen molar-refractivity contribution in [2.75, 3.05) is 13.2 Å². The van der Waals surface area contributed by atoms with Crippen LogP contribution in [-0.2, 0) is 0 Å². The average molecular weight is 169 g/mol. The van der Waals surface area contributed by atoms with Crippen molar-refractivity contribution in [1.29, 1.82) is 0 Å². The highest BCUT2D eigenvalue weighted by atomic mass is 16.3. The molecule has 0 radical (unpaired) electrons. The van der Waals surface area contributed by atoms with Gasteiger partial charge in [-0.1, -0.05) is 12.8 Å². The van der Waals surface area contributed by atoms with Gasteiger partial charge in [-0.15, -0.1) is 0 Å². The first kappa shape index (κ1) is 8.52. The minimum atomic E-state index is 0.371. The highest BCUT2D eigenvalue weighted by molar-refractivity contribution is 4.88. The summed E-state index contributed by atoms with van der Waals surface area (Å²) in [5, 5.41) is 12.5. The molecule has 2 heteroatoms. The van der Waals surface area contributed by atoms with E-state index >= 15 is 0 Å². The molecule has 2 atom stereocenters. The Morgan fingerprint density at radius 1 is 1.25 bits per heavy atom. The number of hydrogen-bond donors (Lipinski definition) is 2. The first-order valence-electron chi connectivity index (χ1n) is 5.24. The third kappa shape index (κ3) is 1.64. The molecular weight excluding hydrogens is 150 g/mol. The van der Waals surface area contributed by atoms with Gasteiger partial charge in [0.1, 0.15) is 0 Å². The number of aliphatic hydroxyl groups excluding tert-OH is 1. The SMILES string of the molecule is OCC1CNC(C2CCCC2)C1. The molecule has 1 saturated heterocycles. The van der Waals surface area contributed by atoms with Crippen LogP contribution < -0.4 is 5.32 Å². The molecule has 2 aliphatic rings. The Kier molecular flexibility index (Phi) is 2.66. The molecule has 70 valence electrons. The summed E-state index contributed by atoms with van der Waals surface area (Å²) in [4.78, 5) is 0. The lowest BCUT2D eigenvalue weighted by Crippen LogP contribution is -2.28. The van der Waals surface area contributed by atoms with E-state index in [9.17, 15) is 0 Å². The summed E-state index contributed by atoms with van der Waals surface area (Å²) in [6.07, 6.45) is 6.88. The maximum absolute atomic E-state index is 8.99.